The van der Waals surface area contributed by atoms with Gasteiger partial charge in [0.2, 0.25) is 30.1 Å². The summed E-state index contributed by atoms with van der Waals surface area (Å²) in [6.07, 6.45) is 0. The van der Waals surface area contributed by atoms with E-state index >= 15 is 0 Å². The molecule has 36 heavy (non-hydrogen) atoms. The molecule has 0 amide bonds. The molecule has 0 N–H and O–H groups in total. The summed E-state index contributed by atoms with van der Waals surface area (Å²) < 4.78 is 83.5. The predicted molar refractivity (Wildman–Crippen MR) is 135 cm³/mol. The Kier molecular flexibility index (Phi) is 7.12. The van der Waals surface area contributed by atoms with Gasteiger partial charge >= 0.3 is 0 Å². The number of hydrogen-bond donors (Lipinski definition) is 0. The van der Waals surface area contributed by atoms with Crippen LogP contribution >= 0.6 is 0 Å². The Morgan fingerprint density at radius 1 is 0.417 bits per heavy atom. The highest BCUT2D eigenvalue weighted by atomic mass is 32.2. The van der Waals surface area contributed by atoms with Crippen molar-refractivity contribution in [3.63, 3.8) is 0 Å². The van der Waals surface area contributed by atoms with Crippen LogP contribution in [0, 0.1) is 20.8 Å². The Labute approximate surface area is 212 Å². The molecule has 4 rings (SSSR count). The molecule has 192 valence electrons. The van der Waals surface area contributed by atoms with Crippen LogP contribution in [0.1, 0.15) is 16.7 Å². The minimum Gasteiger partial charge on any atom is -0.207 e. The van der Waals surface area contributed by atoms with Crippen LogP contribution in [0.3, 0.4) is 0 Å². The molecule has 0 bridgehead atoms. The highest BCUT2D eigenvalue weighted by Gasteiger charge is 2.42. The summed E-state index contributed by atoms with van der Waals surface area (Å²) in [7, 11) is -12.7. The Bertz CT molecular complexity index is 1370. The summed E-state index contributed by atoms with van der Waals surface area (Å²) in [5, 5.41) is 0. The van der Waals surface area contributed by atoms with Crippen molar-refractivity contribution in [2.24, 2.45) is 0 Å². The van der Waals surface area contributed by atoms with E-state index in [1.165, 1.54) is 36.4 Å². The van der Waals surface area contributed by atoms with Crippen molar-refractivity contribution < 1.29 is 25.3 Å². The van der Waals surface area contributed by atoms with Gasteiger partial charge in [-0.15, -0.1) is 0 Å². The van der Waals surface area contributed by atoms with Crippen molar-refractivity contribution in [1.82, 2.24) is 12.9 Å². The monoisotopic (exact) mass is 549 g/mol. The fourth-order valence-corrected chi connectivity index (χ4v) is 8.00. The molecule has 1 aliphatic rings. The van der Waals surface area contributed by atoms with Crippen LogP contribution in [0.25, 0.3) is 0 Å². The van der Waals surface area contributed by atoms with Gasteiger partial charge in [0.1, 0.15) is 0 Å². The van der Waals surface area contributed by atoms with Crippen molar-refractivity contribution in [2.75, 3.05) is 20.0 Å². The maximum absolute atomic E-state index is 13.5. The second-order valence-corrected chi connectivity index (χ2v) is 14.5. The van der Waals surface area contributed by atoms with E-state index in [1.54, 1.807) is 36.4 Å². The van der Waals surface area contributed by atoms with E-state index < -0.39 is 50.1 Å². The maximum Gasteiger partial charge on any atom is 0.245 e. The average molecular weight is 550 g/mol. The predicted octanol–water partition coefficient (Wildman–Crippen LogP) is 2.87. The van der Waals surface area contributed by atoms with Gasteiger partial charge in [-0.3, -0.25) is 0 Å². The molecule has 3 aromatic carbocycles. The molecule has 1 heterocycles. The Morgan fingerprint density at radius 3 is 0.806 bits per heavy atom. The Hall–Kier alpha value is -2.61. The number of aryl methyl sites for hydroxylation is 3. The zero-order valence-electron chi connectivity index (χ0n) is 20.1. The third kappa shape index (κ3) is 5.10. The van der Waals surface area contributed by atoms with Crippen LogP contribution in [0.4, 0.5) is 0 Å². The molecule has 0 radical (unpaired) electrons. The number of sulfonamides is 3. The number of rotatable bonds is 6. The summed E-state index contributed by atoms with van der Waals surface area (Å²) in [5.41, 5.74) is 2.54. The summed E-state index contributed by atoms with van der Waals surface area (Å²) in [4.78, 5) is -0.180. The van der Waals surface area contributed by atoms with Crippen molar-refractivity contribution in [2.45, 2.75) is 35.5 Å². The van der Waals surface area contributed by atoms with E-state index in [0.717, 1.165) is 29.6 Å². The van der Waals surface area contributed by atoms with E-state index in [9.17, 15) is 25.3 Å². The first-order valence-corrected chi connectivity index (χ1v) is 15.3. The van der Waals surface area contributed by atoms with Gasteiger partial charge in [-0.05, 0) is 57.2 Å². The van der Waals surface area contributed by atoms with E-state index in [0.29, 0.717) is 0 Å². The first-order valence-electron chi connectivity index (χ1n) is 11.0. The minimum atomic E-state index is -4.22. The zero-order chi connectivity index (χ0) is 26.3. The lowest BCUT2D eigenvalue weighted by Crippen LogP contribution is -2.59. The average Bonchev–Trinajstić information content (AvgIpc) is 2.84. The van der Waals surface area contributed by atoms with Gasteiger partial charge in [0.15, 0.2) is 0 Å². The van der Waals surface area contributed by atoms with Crippen molar-refractivity contribution in [3.05, 3.63) is 89.5 Å². The lowest BCUT2D eigenvalue weighted by atomic mass is 10.2. The largest absolute Gasteiger partial charge is 0.245 e. The van der Waals surface area contributed by atoms with Gasteiger partial charge in [-0.1, -0.05) is 53.1 Å². The summed E-state index contributed by atoms with van der Waals surface area (Å²) in [6.45, 7) is 3.82. The highest BCUT2D eigenvalue weighted by Crippen LogP contribution is 2.28. The smallest absolute Gasteiger partial charge is 0.207 e. The molecule has 0 saturated carbocycles. The summed E-state index contributed by atoms with van der Waals surface area (Å²) >= 11 is 0. The molecule has 1 saturated heterocycles. The van der Waals surface area contributed by atoms with Crippen LogP contribution in [0.15, 0.2) is 87.5 Å². The van der Waals surface area contributed by atoms with E-state index in [4.69, 9.17) is 0 Å². The van der Waals surface area contributed by atoms with Gasteiger partial charge in [-0.25, -0.2) is 25.3 Å². The standard InChI is InChI=1S/C24H27N3O6S3/c1-19-4-10-22(11-5-19)34(28,29)25-16-26(35(30,31)23-12-6-20(2)7-13-23)18-27(17-25)36(32,33)24-14-8-21(3)9-15-24/h4-15H,16-18H2,1-3H3. The lowest BCUT2D eigenvalue weighted by Gasteiger charge is -2.39. The third-order valence-corrected chi connectivity index (χ3v) is 11.3. The van der Waals surface area contributed by atoms with E-state index in [-0.39, 0.29) is 14.7 Å². The molecule has 0 aromatic heterocycles. The molecule has 0 aliphatic carbocycles. The van der Waals surface area contributed by atoms with Crippen LogP contribution in [-0.2, 0) is 30.1 Å². The Morgan fingerprint density at radius 2 is 0.611 bits per heavy atom. The lowest BCUT2D eigenvalue weighted by molar-refractivity contribution is 0.127. The molecular weight excluding hydrogens is 522 g/mol. The summed E-state index contributed by atoms with van der Waals surface area (Å²) in [5.74, 6) is 0. The molecular formula is C24H27N3O6S3. The van der Waals surface area contributed by atoms with Crippen LogP contribution in [0.5, 0.6) is 0 Å². The van der Waals surface area contributed by atoms with Gasteiger partial charge in [0.05, 0.1) is 34.7 Å². The molecule has 12 heteroatoms. The first kappa shape index (κ1) is 26.5. The van der Waals surface area contributed by atoms with Gasteiger partial charge in [0, 0.05) is 0 Å². The van der Waals surface area contributed by atoms with Crippen molar-refractivity contribution in [1.29, 1.82) is 0 Å². The highest BCUT2D eigenvalue weighted by molar-refractivity contribution is 7.90. The molecule has 1 fully saturated rings. The SMILES string of the molecule is Cc1ccc(S(=O)(=O)N2CN(S(=O)(=O)c3ccc(C)cc3)CN(S(=O)(=O)c3ccc(C)cc3)C2)cc1. The third-order valence-electron chi connectivity index (χ3n) is 5.92. The molecule has 0 spiro atoms. The quantitative estimate of drug-likeness (QED) is 0.467. The van der Waals surface area contributed by atoms with Crippen LogP contribution in [-0.4, -0.2) is 58.2 Å². The van der Waals surface area contributed by atoms with Crippen molar-refractivity contribution >= 4 is 30.1 Å². The van der Waals surface area contributed by atoms with E-state index in [2.05, 4.69) is 0 Å². The second kappa shape index (κ2) is 9.69. The fourth-order valence-electron chi connectivity index (χ4n) is 3.70. The molecule has 0 unspecified atom stereocenters. The van der Waals surface area contributed by atoms with Crippen LogP contribution in [0.2, 0.25) is 0 Å². The maximum atomic E-state index is 13.5. The Balaban J connectivity index is 1.79. The molecule has 3 aromatic rings. The second-order valence-electron chi connectivity index (χ2n) is 8.73. The first-order chi connectivity index (χ1) is 16.8. The summed E-state index contributed by atoms with van der Waals surface area (Å²) in [6, 6.07) is 18.2. The molecule has 9 nitrogen and oxygen atoms in total. The minimum absolute atomic E-state index is 0.0598. The van der Waals surface area contributed by atoms with Gasteiger partial charge in [0.25, 0.3) is 0 Å². The van der Waals surface area contributed by atoms with Gasteiger partial charge < -0.3 is 0 Å². The normalized spacial score (nSPS) is 16.8. The molecule has 0 atom stereocenters. The number of benzene rings is 3. The molecule has 1 aliphatic heterocycles. The number of nitrogens with zero attached hydrogens (tertiary/aromatic N) is 3. The zero-order valence-corrected chi connectivity index (χ0v) is 22.5. The topological polar surface area (TPSA) is 112 Å². The van der Waals surface area contributed by atoms with Gasteiger partial charge in [-0.2, -0.15) is 12.9 Å². The fraction of sp³-hybridized carbons (Fsp3) is 0.250. The number of hydrogen-bond acceptors (Lipinski definition) is 6. The van der Waals surface area contributed by atoms with E-state index in [1.807, 2.05) is 20.8 Å². The van der Waals surface area contributed by atoms with Crippen LogP contribution < -0.4 is 0 Å². The van der Waals surface area contributed by atoms with Crippen molar-refractivity contribution in [3.8, 4) is 0 Å².